The van der Waals surface area contributed by atoms with Crippen LogP contribution in [0, 0.1) is 5.92 Å². The number of hydrogen-bond acceptors (Lipinski definition) is 2. The zero-order chi connectivity index (χ0) is 7.98. The maximum atomic E-state index is 10.1. The molecule has 10 heavy (non-hydrogen) atoms. The summed E-state index contributed by atoms with van der Waals surface area (Å²) in [7, 11) is 0. The molecule has 0 saturated carbocycles. The summed E-state index contributed by atoms with van der Waals surface area (Å²) in [5, 5.41) is 0. The minimum absolute atomic E-state index is 0.0694. The number of carbonyl (C=O) groups excluding carboxylic acids is 2. The van der Waals surface area contributed by atoms with Gasteiger partial charge in [-0.25, -0.2) is 0 Å². The van der Waals surface area contributed by atoms with E-state index in [0.717, 1.165) is 25.4 Å². The number of aldehydes is 2. The zero-order valence-electron chi connectivity index (χ0n) is 5.92. The Morgan fingerprint density at radius 3 is 2.30 bits per heavy atom. The Kier molecular flexibility index (Phi) is 5.87. The van der Waals surface area contributed by atoms with Gasteiger partial charge in [-0.15, -0.1) is 0 Å². The van der Waals surface area contributed by atoms with Crippen molar-refractivity contribution in [2.75, 3.05) is 0 Å². The first-order valence-electron chi connectivity index (χ1n) is 3.25. The first-order valence-corrected chi connectivity index (χ1v) is 4.50. The van der Waals surface area contributed by atoms with E-state index in [9.17, 15) is 9.59 Å². The molecule has 3 heteroatoms. The van der Waals surface area contributed by atoms with Crippen molar-refractivity contribution in [1.82, 2.24) is 0 Å². The molecular formula is C7H11IO2. The molecule has 0 fully saturated rings. The molecule has 0 heterocycles. The Bertz CT molecular complexity index is 100. The van der Waals surface area contributed by atoms with E-state index in [1.807, 2.05) is 6.92 Å². The average Bonchev–Trinajstić information content (AvgIpc) is 1.99. The van der Waals surface area contributed by atoms with Gasteiger partial charge in [-0.3, -0.25) is 0 Å². The third-order valence-electron chi connectivity index (χ3n) is 1.28. The molecule has 0 amide bonds. The number of rotatable bonds is 5. The lowest BCUT2D eigenvalue weighted by atomic mass is 10.1. The van der Waals surface area contributed by atoms with Gasteiger partial charge in [-0.2, -0.15) is 0 Å². The summed E-state index contributed by atoms with van der Waals surface area (Å²) in [6.45, 7) is 1.86. The lowest BCUT2D eigenvalue weighted by Gasteiger charge is -2.02. The maximum absolute atomic E-state index is 10.1. The van der Waals surface area contributed by atoms with E-state index in [4.69, 9.17) is 0 Å². The lowest BCUT2D eigenvalue weighted by molar-refractivity contribution is -0.111. The molecule has 0 N–H and O–H groups in total. The van der Waals surface area contributed by atoms with Crippen LogP contribution in [0.3, 0.4) is 0 Å². The summed E-state index contributed by atoms with van der Waals surface area (Å²) < 4.78 is 0.0694. The Balaban J connectivity index is 3.34. The second-order valence-corrected chi connectivity index (χ2v) is 3.94. The van der Waals surface area contributed by atoms with Gasteiger partial charge in [0.2, 0.25) is 0 Å². The maximum Gasteiger partial charge on any atom is 0.132 e. The van der Waals surface area contributed by atoms with Crippen LogP contribution in [0.25, 0.3) is 0 Å². The van der Waals surface area contributed by atoms with Crippen LogP contribution in [0.1, 0.15) is 19.8 Å². The van der Waals surface area contributed by atoms with Crippen LogP contribution >= 0.6 is 22.6 Å². The molecule has 0 aromatic rings. The topological polar surface area (TPSA) is 34.1 Å². The van der Waals surface area contributed by atoms with Crippen LogP contribution in [0.15, 0.2) is 0 Å². The predicted octanol–water partition coefficient (Wildman–Crippen LogP) is 1.60. The summed E-state index contributed by atoms with van der Waals surface area (Å²) in [6.07, 6.45) is 3.46. The van der Waals surface area contributed by atoms with Gasteiger partial charge in [-0.1, -0.05) is 29.5 Å². The fourth-order valence-corrected chi connectivity index (χ4v) is 0.918. The first-order chi connectivity index (χ1) is 4.70. The SMILES string of the molecule is CC(C=O)CCC(I)C=O. The third kappa shape index (κ3) is 4.90. The molecule has 0 rings (SSSR count). The van der Waals surface area contributed by atoms with Gasteiger partial charge >= 0.3 is 0 Å². The number of alkyl halides is 1. The van der Waals surface area contributed by atoms with Gasteiger partial charge in [-0.05, 0) is 12.8 Å². The Hall–Kier alpha value is 0.0700. The Morgan fingerprint density at radius 2 is 1.90 bits per heavy atom. The third-order valence-corrected chi connectivity index (χ3v) is 2.19. The van der Waals surface area contributed by atoms with Gasteiger partial charge in [0.1, 0.15) is 12.6 Å². The molecule has 0 aliphatic rings. The van der Waals surface area contributed by atoms with Crippen LogP contribution in [-0.4, -0.2) is 16.5 Å². The van der Waals surface area contributed by atoms with Gasteiger partial charge in [0.25, 0.3) is 0 Å². The van der Waals surface area contributed by atoms with Crippen molar-refractivity contribution < 1.29 is 9.59 Å². The molecule has 0 saturated heterocycles. The second-order valence-electron chi connectivity index (χ2n) is 2.34. The van der Waals surface area contributed by atoms with Crippen molar-refractivity contribution >= 4 is 35.2 Å². The summed E-state index contributed by atoms with van der Waals surface area (Å²) in [4.78, 5) is 20.2. The molecule has 58 valence electrons. The van der Waals surface area contributed by atoms with E-state index in [2.05, 4.69) is 22.6 Å². The molecule has 0 aliphatic carbocycles. The summed E-state index contributed by atoms with van der Waals surface area (Å²) in [5.41, 5.74) is 0. The second kappa shape index (κ2) is 5.82. The molecule has 0 aliphatic heterocycles. The average molecular weight is 254 g/mol. The number of carbonyl (C=O) groups is 2. The summed E-state index contributed by atoms with van der Waals surface area (Å²) in [6, 6.07) is 0. The highest BCUT2D eigenvalue weighted by molar-refractivity contribution is 14.1. The Morgan fingerprint density at radius 1 is 1.30 bits per heavy atom. The smallest absolute Gasteiger partial charge is 0.132 e. The fraction of sp³-hybridized carbons (Fsp3) is 0.714. The van der Waals surface area contributed by atoms with Crippen LogP contribution in [0.2, 0.25) is 0 Å². The van der Waals surface area contributed by atoms with E-state index >= 15 is 0 Å². The van der Waals surface area contributed by atoms with Crippen molar-refractivity contribution in [3.05, 3.63) is 0 Å². The molecule has 0 aromatic heterocycles. The summed E-state index contributed by atoms with van der Waals surface area (Å²) >= 11 is 2.07. The lowest BCUT2D eigenvalue weighted by Crippen LogP contribution is -2.03. The van der Waals surface area contributed by atoms with E-state index in [1.165, 1.54) is 0 Å². The van der Waals surface area contributed by atoms with Gasteiger partial charge < -0.3 is 9.59 Å². The Labute approximate surface area is 74.5 Å². The van der Waals surface area contributed by atoms with E-state index in [-0.39, 0.29) is 9.84 Å². The predicted molar refractivity (Wildman–Crippen MR) is 48.3 cm³/mol. The van der Waals surface area contributed by atoms with Crippen LogP contribution in [-0.2, 0) is 9.59 Å². The van der Waals surface area contributed by atoms with Gasteiger partial charge in [0, 0.05) is 5.92 Å². The van der Waals surface area contributed by atoms with E-state index in [0.29, 0.717) is 0 Å². The van der Waals surface area contributed by atoms with E-state index in [1.54, 1.807) is 0 Å². The van der Waals surface area contributed by atoms with Crippen molar-refractivity contribution in [2.45, 2.75) is 23.7 Å². The van der Waals surface area contributed by atoms with Gasteiger partial charge in [0.05, 0.1) is 3.92 Å². The summed E-state index contributed by atoms with van der Waals surface area (Å²) in [5.74, 6) is 0.0946. The highest BCUT2D eigenvalue weighted by atomic mass is 127. The van der Waals surface area contributed by atoms with Crippen molar-refractivity contribution in [1.29, 1.82) is 0 Å². The fourth-order valence-electron chi connectivity index (χ4n) is 0.558. The zero-order valence-corrected chi connectivity index (χ0v) is 8.08. The minimum atomic E-state index is 0.0694. The number of hydrogen-bond donors (Lipinski definition) is 0. The van der Waals surface area contributed by atoms with Crippen molar-refractivity contribution in [3.63, 3.8) is 0 Å². The quantitative estimate of drug-likeness (QED) is 0.424. The minimum Gasteiger partial charge on any atom is -0.303 e. The molecule has 2 unspecified atom stereocenters. The molecule has 2 atom stereocenters. The van der Waals surface area contributed by atoms with Crippen LogP contribution in [0.4, 0.5) is 0 Å². The molecule has 0 aromatic carbocycles. The largest absolute Gasteiger partial charge is 0.303 e. The van der Waals surface area contributed by atoms with Crippen molar-refractivity contribution in [3.8, 4) is 0 Å². The standard InChI is InChI=1S/C7H11IO2/c1-6(4-9)2-3-7(8)5-10/h4-7H,2-3H2,1H3. The van der Waals surface area contributed by atoms with Crippen LogP contribution in [0.5, 0.6) is 0 Å². The highest BCUT2D eigenvalue weighted by Gasteiger charge is 2.04. The monoisotopic (exact) mass is 254 g/mol. The molecule has 0 bridgehead atoms. The van der Waals surface area contributed by atoms with Crippen molar-refractivity contribution in [2.24, 2.45) is 5.92 Å². The first kappa shape index (κ1) is 10.1. The van der Waals surface area contributed by atoms with E-state index < -0.39 is 0 Å². The normalized spacial score (nSPS) is 15.8. The molecular weight excluding hydrogens is 243 g/mol. The highest BCUT2D eigenvalue weighted by Crippen LogP contribution is 2.10. The molecule has 2 nitrogen and oxygen atoms in total. The number of halogens is 1. The van der Waals surface area contributed by atoms with Gasteiger partial charge in [0.15, 0.2) is 0 Å². The van der Waals surface area contributed by atoms with Crippen LogP contribution < -0.4 is 0 Å². The molecule has 0 radical (unpaired) electrons. The molecule has 0 spiro atoms.